The van der Waals surface area contributed by atoms with Crippen LogP contribution in [0.3, 0.4) is 0 Å². The molecular weight excluding hydrogens is 407 g/mol. The van der Waals surface area contributed by atoms with Crippen LogP contribution in [0.2, 0.25) is 10.0 Å². The van der Waals surface area contributed by atoms with Crippen LogP contribution in [0.15, 0.2) is 36.7 Å². The van der Waals surface area contributed by atoms with Gasteiger partial charge in [-0.3, -0.25) is 9.48 Å². The van der Waals surface area contributed by atoms with Gasteiger partial charge in [0.05, 0.1) is 10.0 Å². The van der Waals surface area contributed by atoms with Crippen LogP contribution in [-0.4, -0.2) is 35.3 Å². The number of nitrogens with zero attached hydrogens (tertiary/aromatic N) is 2. The van der Waals surface area contributed by atoms with E-state index in [1.807, 2.05) is 24.4 Å². The van der Waals surface area contributed by atoms with E-state index in [0.717, 1.165) is 18.7 Å². The minimum absolute atomic E-state index is 0. The second-order valence-electron chi connectivity index (χ2n) is 7.43. The van der Waals surface area contributed by atoms with E-state index < -0.39 is 5.54 Å². The Bertz CT molecular complexity index is 771. The highest BCUT2D eigenvalue weighted by atomic mass is 35.5. The Labute approximate surface area is 176 Å². The fourth-order valence-electron chi connectivity index (χ4n) is 3.41. The van der Waals surface area contributed by atoms with E-state index in [4.69, 9.17) is 23.2 Å². The Morgan fingerprint density at radius 3 is 2.59 bits per heavy atom. The number of rotatable bonds is 5. The number of aromatic nitrogens is 2. The number of halogens is 3. The first-order valence-corrected chi connectivity index (χ1v) is 9.55. The zero-order valence-corrected chi connectivity index (χ0v) is 17.8. The van der Waals surface area contributed by atoms with Crippen molar-refractivity contribution < 1.29 is 4.79 Å². The van der Waals surface area contributed by atoms with Gasteiger partial charge in [0.25, 0.3) is 0 Å². The molecule has 5 nitrogen and oxygen atoms in total. The van der Waals surface area contributed by atoms with E-state index >= 15 is 0 Å². The van der Waals surface area contributed by atoms with Gasteiger partial charge in [0, 0.05) is 24.4 Å². The van der Waals surface area contributed by atoms with Crippen LogP contribution >= 0.6 is 35.6 Å². The first kappa shape index (κ1) is 22.0. The average molecular weight is 432 g/mol. The summed E-state index contributed by atoms with van der Waals surface area (Å²) in [6.45, 7) is 6.25. The fraction of sp³-hybridized carbons (Fsp3) is 0.474. The molecule has 0 radical (unpaired) electrons. The normalized spacial score (nSPS) is 16.4. The number of nitrogens with one attached hydrogen (secondary N) is 2. The van der Waals surface area contributed by atoms with Crippen LogP contribution in [0.25, 0.3) is 0 Å². The van der Waals surface area contributed by atoms with Crippen molar-refractivity contribution in [3.8, 4) is 0 Å². The maximum atomic E-state index is 13.2. The fourth-order valence-corrected chi connectivity index (χ4v) is 3.71. The second-order valence-corrected chi connectivity index (χ2v) is 8.24. The van der Waals surface area contributed by atoms with Crippen LogP contribution < -0.4 is 10.6 Å². The van der Waals surface area contributed by atoms with E-state index in [2.05, 4.69) is 29.6 Å². The number of carbonyl (C=O) groups excluding carboxylic acids is 1. The summed E-state index contributed by atoms with van der Waals surface area (Å²) in [5.74, 6) is 0.0100. The third-order valence-electron chi connectivity index (χ3n) is 5.19. The molecule has 1 aliphatic heterocycles. The van der Waals surface area contributed by atoms with E-state index in [9.17, 15) is 4.79 Å². The largest absolute Gasteiger partial charge is 0.353 e. The van der Waals surface area contributed by atoms with Gasteiger partial charge in [0.2, 0.25) is 5.91 Å². The third kappa shape index (κ3) is 4.60. The predicted molar refractivity (Wildman–Crippen MR) is 112 cm³/mol. The molecule has 1 fully saturated rings. The summed E-state index contributed by atoms with van der Waals surface area (Å²) in [6, 6.07) is 7.47. The highest BCUT2D eigenvalue weighted by Crippen LogP contribution is 2.31. The molecule has 1 saturated heterocycles. The summed E-state index contributed by atoms with van der Waals surface area (Å²) in [5, 5.41) is 11.9. The van der Waals surface area contributed by atoms with Crippen LogP contribution in [0.4, 0.5) is 0 Å². The van der Waals surface area contributed by atoms with Gasteiger partial charge in [-0.15, -0.1) is 12.4 Å². The van der Waals surface area contributed by atoms with Crippen LogP contribution in [0, 0.1) is 0 Å². The zero-order chi connectivity index (χ0) is 18.8. The molecule has 2 heterocycles. The van der Waals surface area contributed by atoms with Crippen LogP contribution in [0.5, 0.6) is 0 Å². The second kappa shape index (κ2) is 8.82. The molecule has 2 N–H and O–H groups in total. The number of hydrogen-bond donors (Lipinski definition) is 2. The van der Waals surface area contributed by atoms with Gasteiger partial charge in [0.15, 0.2) is 0 Å². The summed E-state index contributed by atoms with van der Waals surface area (Å²) in [6.07, 6.45) is 5.02. The SMILES string of the molecule is CC(C)(CNC(=O)C1(n2cccn2)CCNCC1)c1ccc(Cl)c(Cl)c1.Cl. The molecular formula is C19H25Cl3N4O. The van der Waals surface area contributed by atoms with E-state index in [1.165, 1.54) is 0 Å². The molecule has 1 aromatic carbocycles. The van der Waals surface area contributed by atoms with Gasteiger partial charge < -0.3 is 10.6 Å². The first-order chi connectivity index (χ1) is 12.3. The average Bonchev–Trinajstić information content (AvgIpc) is 3.17. The zero-order valence-electron chi connectivity index (χ0n) is 15.5. The Hall–Kier alpha value is -1.27. The van der Waals surface area contributed by atoms with Crippen LogP contribution in [0.1, 0.15) is 32.3 Å². The number of piperidine rings is 1. The minimum atomic E-state index is -0.636. The Morgan fingerprint density at radius 1 is 1.30 bits per heavy atom. The lowest BCUT2D eigenvalue weighted by molar-refractivity contribution is -0.132. The van der Waals surface area contributed by atoms with Crippen molar-refractivity contribution in [2.24, 2.45) is 0 Å². The maximum Gasteiger partial charge on any atom is 0.248 e. The summed E-state index contributed by atoms with van der Waals surface area (Å²) in [7, 11) is 0. The lowest BCUT2D eigenvalue weighted by Crippen LogP contribution is -2.56. The van der Waals surface area contributed by atoms with Crippen molar-refractivity contribution in [2.45, 2.75) is 37.6 Å². The summed E-state index contributed by atoms with van der Waals surface area (Å²) in [5.41, 5.74) is 0.121. The van der Waals surface area contributed by atoms with Crippen molar-refractivity contribution in [1.82, 2.24) is 20.4 Å². The minimum Gasteiger partial charge on any atom is -0.353 e. The maximum absolute atomic E-state index is 13.2. The van der Waals surface area contributed by atoms with Gasteiger partial charge in [-0.1, -0.05) is 43.1 Å². The van der Waals surface area contributed by atoms with Crippen molar-refractivity contribution in [1.29, 1.82) is 0 Å². The topological polar surface area (TPSA) is 59.0 Å². The molecule has 27 heavy (non-hydrogen) atoms. The molecule has 3 rings (SSSR count). The molecule has 1 amide bonds. The van der Waals surface area contributed by atoms with Gasteiger partial charge in [-0.2, -0.15) is 5.10 Å². The third-order valence-corrected chi connectivity index (χ3v) is 5.93. The molecule has 0 saturated carbocycles. The Kier molecular flexibility index (Phi) is 7.20. The predicted octanol–water partition coefficient (Wildman–Crippen LogP) is 3.78. The molecule has 2 aromatic rings. The van der Waals surface area contributed by atoms with Crippen molar-refractivity contribution >= 4 is 41.5 Å². The number of carbonyl (C=O) groups is 1. The summed E-state index contributed by atoms with van der Waals surface area (Å²) >= 11 is 12.2. The van der Waals surface area contributed by atoms with Crippen molar-refractivity contribution in [3.63, 3.8) is 0 Å². The monoisotopic (exact) mass is 430 g/mol. The van der Waals surface area contributed by atoms with Gasteiger partial charge in [-0.25, -0.2) is 0 Å². The molecule has 1 aliphatic rings. The van der Waals surface area contributed by atoms with Crippen molar-refractivity contribution in [3.05, 3.63) is 52.3 Å². The van der Waals surface area contributed by atoms with E-state index in [0.29, 0.717) is 29.4 Å². The summed E-state index contributed by atoms with van der Waals surface area (Å²) in [4.78, 5) is 13.2. The van der Waals surface area contributed by atoms with E-state index in [1.54, 1.807) is 16.9 Å². The molecule has 0 unspecified atom stereocenters. The Morgan fingerprint density at radius 2 is 2.00 bits per heavy atom. The lowest BCUT2D eigenvalue weighted by Gasteiger charge is -2.37. The summed E-state index contributed by atoms with van der Waals surface area (Å²) < 4.78 is 1.80. The van der Waals surface area contributed by atoms with Crippen molar-refractivity contribution in [2.75, 3.05) is 19.6 Å². The highest BCUT2D eigenvalue weighted by Gasteiger charge is 2.42. The lowest BCUT2D eigenvalue weighted by atomic mass is 9.83. The smallest absolute Gasteiger partial charge is 0.248 e. The Balaban J connectivity index is 0.00000261. The number of hydrogen-bond acceptors (Lipinski definition) is 3. The molecule has 148 valence electrons. The molecule has 0 bridgehead atoms. The highest BCUT2D eigenvalue weighted by molar-refractivity contribution is 6.42. The standard InChI is InChI=1S/C19H24Cl2N4O.ClH/c1-18(2,14-4-5-15(20)16(21)12-14)13-23-17(26)19(6-9-22-10-7-19)25-11-3-8-24-25;/h3-5,8,11-12,22H,6-7,9-10,13H2,1-2H3,(H,23,26);1H. The van der Waals surface area contributed by atoms with E-state index in [-0.39, 0.29) is 23.7 Å². The quantitative estimate of drug-likeness (QED) is 0.757. The molecule has 0 aliphatic carbocycles. The number of benzene rings is 1. The molecule has 0 atom stereocenters. The molecule has 8 heteroatoms. The van der Waals surface area contributed by atoms with Gasteiger partial charge >= 0.3 is 0 Å². The van der Waals surface area contributed by atoms with Gasteiger partial charge in [-0.05, 0) is 49.7 Å². The number of amides is 1. The first-order valence-electron chi connectivity index (χ1n) is 8.80. The van der Waals surface area contributed by atoms with Crippen LogP contribution in [-0.2, 0) is 15.7 Å². The molecule has 1 aromatic heterocycles. The van der Waals surface area contributed by atoms with Gasteiger partial charge in [0.1, 0.15) is 5.54 Å². The molecule has 0 spiro atoms.